The van der Waals surface area contributed by atoms with Crippen LogP contribution < -0.4 is 0 Å². The number of aliphatic hydroxyl groups is 1. The summed E-state index contributed by atoms with van der Waals surface area (Å²) in [6, 6.07) is 0. The Labute approximate surface area is 44.6 Å². The summed E-state index contributed by atoms with van der Waals surface area (Å²) < 4.78 is 0.00170. The van der Waals surface area contributed by atoms with E-state index < -0.39 is 0 Å². The average Bonchev–Trinajstić information content (AvgIpc) is 0.811. The summed E-state index contributed by atoms with van der Waals surface area (Å²) in [5.74, 6) is 0. The van der Waals surface area contributed by atoms with Gasteiger partial charge < -0.3 is 0 Å². The zero-order valence-corrected chi connectivity index (χ0v) is 6.69. The molecule has 1 unspecified atom stereocenters. The van der Waals surface area contributed by atoms with Gasteiger partial charge >= 0.3 is 44.6 Å². The first-order valence-corrected chi connectivity index (χ1v) is 3.53. The molecule has 0 fully saturated rings. The first kappa shape index (κ1) is 5.01. The Morgan fingerprint density at radius 2 is 2.00 bits per heavy atom. The second-order valence-corrected chi connectivity index (χ2v) is 4.15. The van der Waals surface area contributed by atoms with Crippen LogP contribution in [0.1, 0.15) is 6.92 Å². The van der Waals surface area contributed by atoms with Crippen molar-refractivity contribution in [1.82, 2.24) is 0 Å². The van der Waals surface area contributed by atoms with Gasteiger partial charge in [-0.05, 0) is 0 Å². The maximum atomic E-state index is 8.13. The second kappa shape index (κ2) is 2.26. The van der Waals surface area contributed by atoms with Crippen LogP contribution in [-0.4, -0.2) is 8.24 Å². The zero-order valence-electron chi connectivity index (χ0n) is 2.52. The van der Waals surface area contributed by atoms with Gasteiger partial charge in [0.1, 0.15) is 0 Å². The van der Waals surface area contributed by atoms with E-state index in [2.05, 4.69) is 0 Å². The van der Waals surface area contributed by atoms with Gasteiger partial charge in [0.15, 0.2) is 0 Å². The van der Waals surface area contributed by atoms with E-state index in [1.165, 1.54) is 0 Å². The molecule has 0 spiro atoms. The van der Waals surface area contributed by atoms with Crippen molar-refractivity contribution in [3.63, 3.8) is 0 Å². The average molecular weight is 283 g/mol. The summed E-state index contributed by atoms with van der Waals surface area (Å²) in [4.78, 5) is 0. The normalized spacial score (nSPS) is 16.0. The molecule has 0 rings (SSSR count). The summed E-state index contributed by atoms with van der Waals surface area (Å²) in [5.41, 5.74) is 0. The third kappa shape index (κ3) is 11.9. The van der Waals surface area contributed by atoms with Gasteiger partial charge in [0.05, 0.1) is 0 Å². The van der Waals surface area contributed by atoms with E-state index in [-0.39, 0.29) is 3.14 Å². The Morgan fingerprint density at radius 1 is 2.00 bits per heavy atom. The molecule has 23 valence electrons. The molecule has 0 aliphatic rings. The fourth-order valence-corrected chi connectivity index (χ4v) is 0. The van der Waals surface area contributed by atoms with Crippen molar-refractivity contribution in [3.8, 4) is 0 Å². The van der Waals surface area contributed by atoms with Gasteiger partial charge in [0.25, 0.3) is 0 Å². The number of hydrogen-bond donors (Lipinski definition) is 1. The predicted molar refractivity (Wildman–Crippen MR) is 11.7 cm³/mol. The van der Waals surface area contributed by atoms with E-state index in [0.29, 0.717) is 0 Å². The van der Waals surface area contributed by atoms with E-state index in [1.807, 2.05) is 0 Å². The van der Waals surface area contributed by atoms with Crippen LogP contribution in [0.5, 0.6) is 0 Å². The topological polar surface area (TPSA) is 20.2 Å². The summed E-state index contributed by atoms with van der Waals surface area (Å²) in [5, 5.41) is 8.13. The molecule has 0 amide bonds. The molecule has 0 bridgehead atoms. The summed E-state index contributed by atoms with van der Waals surface area (Å²) in [6.45, 7) is 1.80. The maximum absolute atomic E-state index is 8.13. The van der Waals surface area contributed by atoms with Gasteiger partial charge in [-0.15, -0.1) is 0 Å². The third-order valence-electron chi connectivity index (χ3n) is 0. The fourth-order valence-electron chi connectivity index (χ4n) is 0. The van der Waals surface area contributed by atoms with Gasteiger partial charge in [0, 0.05) is 0 Å². The van der Waals surface area contributed by atoms with Crippen LogP contribution in [0.25, 0.3) is 0 Å². The second-order valence-electron chi connectivity index (χ2n) is 0.676. The van der Waals surface area contributed by atoms with Crippen LogP contribution in [0, 0.1) is 29.4 Å². The van der Waals surface area contributed by atoms with Gasteiger partial charge in [0.2, 0.25) is 0 Å². The van der Waals surface area contributed by atoms with E-state index >= 15 is 0 Å². The molecule has 1 atom stereocenters. The molecule has 1 nitrogen and oxygen atoms in total. The Hall–Kier alpha value is 1.01. The summed E-state index contributed by atoms with van der Waals surface area (Å²) in [7, 11) is 0. The van der Waals surface area contributed by atoms with Crippen molar-refractivity contribution in [2.45, 2.75) is 10.1 Å². The molecule has 0 aromatic rings. The molecule has 0 radical (unpaired) electrons. The first-order chi connectivity index (χ1) is 1.73. The summed E-state index contributed by atoms with van der Waals surface area (Å²) >= 11 is 0.731. The molecular weight excluding hydrogens is 278 g/mol. The molecule has 0 saturated carbocycles. The Morgan fingerprint density at radius 3 is 2.00 bits per heavy atom. The first-order valence-electron chi connectivity index (χ1n) is 1.12. The van der Waals surface area contributed by atoms with Crippen molar-refractivity contribution in [2.75, 3.05) is 0 Å². The Balaban J connectivity index is 2.32. The monoisotopic (exact) mass is 283 g/mol. The molecule has 4 heavy (non-hydrogen) atoms. The fraction of sp³-hybridized carbons (Fsp3) is 1.00. The van der Waals surface area contributed by atoms with Gasteiger partial charge in [-0.2, -0.15) is 0 Å². The number of rotatable bonds is 0. The number of hydrogen-bond acceptors (Lipinski definition) is 1. The molecule has 2 heteroatoms. The van der Waals surface area contributed by atoms with Crippen molar-refractivity contribution >= 4 is 0 Å². The number of aliphatic hydroxyl groups excluding tert-OH is 1. The predicted octanol–water partition coefficient (Wildman–Crippen LogP) is -0.126. The SMILES string of the molecule is C[CH](O)[U]. The molecule has 0 saturated heterocycles. The molecule has 0 aromatic carbocycles. The van der Waals surface area contributed by atoms with Crippen LogP contribution in [0.3, 0.4) is 0 Å². The minimum atomic E-state index is 0.00170. The van der Waals surface area contributed by atoms with Crippen molar-refractivity contribution in [2.24, 2.45) is 0 Å². The molecular formula is C2H5OU. The van der Waals surface area contributed by atoms with Crippen LogP contribution >= 0.6 is 0 Å². The van der Waals surface area contributed by atoms with E-state index in [4.69, 9.17) is 5.11 Å². The van der Waals surface area contributed by atoms with Gasteiger partial charge in [-0.3, -0.25) is 0 Å². The van der Waals surface area contributed by atoms with E-state index in [0.717, 1.165) is 29.4 Å². The molecule has 0 heterocycles. The Kier molecular flexibility index (Phi) is 2.83. The molecule has 1 N–H and O–H groups in total. The van der Waals surface area contributed by atoms with E-state index in [9.17, 15) is 0 Å². The third-order valence-corrected chi connectivity index (χ3v) is 0. The van der Waals surface area contributed by atoms with Crippen LogP contribution in [-0.2, 0) is 0 Å². The van der Waals surface area contributed by atoms with Gasteiger partial charge in [-0.1, -0.05) is 0 Å². The zero-order chi connectivity index (χ0) is 3.58. The minimum absolute atomic E-state index is 0.00170. The van der Waals surface area contributed by atoms with E-state index in [1.54, 1.807) is 6.92 Å². The molecule has 0 aliphatic heterocycles. The summed E-state index contributed by atoms with van der Waals surface area (Å²) in [6.07, 6.45) is 0. The standard InChI is InChI=1S/C2H5O.U/c1-2-3;/h2-3H,1H3;. The van der Waals surface area contributed by atoms with Crippen molar-refractivity contribution < 1.29 is 34.5 Å². The van der Waals surface area contributed by atoms with Crippen LogP contribution in [0.2, 0.25) is 0 Å². The van der Waals surface area contributed by atoms with Crippen LogP contribution in [0.4, 0.5) is 0 Å². The molecule has 0 aromatic heterocycles. The van der Waals surface area contributed by atoms with Crippen LogP contribution in [0.15, 0.2) is 0 Å². The van der Waals surface area contributed by atoms with Crippen molar-refractivity contribution in [1.29, 1.82) is 0 Å². The molecule has 0 aliphatic carbocycles. The van der Waals surface area contributed by atoms with Crippen molar-refractivity contribution in [3.05, 3.63) is 0 Å². The quantitative estimate of drug-likeness (QED) is 0.657. The Bertz CT molecular complexity index is 10.8. The van der Waals surface area contributed by atoms with Gasteiger partial charge in [-0.25, -0.2) is 0 Å².